The average Bonchev–Trinajstić information content (AvgIpc) is 2.01. The second kappa shape index (κ2) is 4.17. The first kappa shape index (κ1) is 11.9. The minimum Gasteiger partial charge on any atom is -0.276 e. The molecule has 0 unspecified atom stereocenters. The zero-order valence-corrected chi connectivity index (χ0v) is 11.7. The Kier molecular flexibility index (Phi) is 3.56. The molecule has 1 aromatic rings. The maximum absolute atomic E-state index is 11.3. The summed E-state index contributed by atoms with van der Waals surface area (Å²) in [7, 11) is -1.51. The minimum atomic E-state index is -1.51. The van der Waals surface area contributed by atoms with Gasteiger partial charge in [-0.2, -0.15) is 0 Å². The van der Waals surface area contributed by atoms with E-state index in [1.165, 1.54) is 0 Å². The smallest absolute Gasteiger partial charge is 0.253 e. The van der Waals surface area contributed by atoms with Crippen LogP contribution in [0.5, 0.6) is 0 Å². The largest absolute Gasteiger partial charge is 0.276 e. The third-order valence-corrected chi connectivity index (χ3v) is 4.90. The van der Waals surface area contributed by atoms with Gasteiger partial charge in [-0.15, -0.1) is 0 Å². The lowest BCUT2D eigenvalue weighted by atomic mass is 10.2. The van der Waals surface area contributed by atoms with Crippen molar-refractivity contribution in [3.63, 3.8) is 0 Å². The van der Waals surface area contributed by atoms with Crippen LogP contribution in [0.4, 0.5) is 0 Å². The van der Waals surface area contributed by atoms with E-state index in [9.17, 15) is 4.79 Å². The summed E-state index contributed by atoms with van der Waals surface area (Å²) in [6.07, 6.45) is 0. The van der Waals surface area contributed by atoms with E-state index >= 15 is 0 Å². The van der Waals surface area contributed by atoms with Crippen LogP contribution in [0.3, 0.4) is 0 Å². The maximum atomic E-state index is 11.3. The topological polar surface area (TPSA) is 17.1 Å². The van der Waals surface area contributed by atoms with Gasteiger partial charge < -0.3 is 0 Å². The van der Waals surface area contributed by atoms with E-state index < -0.39 is 8.07 Å². The summed E-state index contributed by atoms with van der Waals surface area (Å²) in [5.74, 6) is 0. The molecular formula is C10H12BrClOSi. The van der Waals surface area contributed by atoms with Crippen LogP contribution < -0.4 is 5.19 Å². The van der Waals surface area contributed by atoms with Crippen molar-refractivity contribution in [2.75, 3.05) is 0 Å². The van der Waals surface area contributed by atoms with E-state index in [4.69, 9.17) is 11.6 Å². The van der Waals surface area contributed by atoms with Crippen LogP contribution in [0, 0.1) is 0 Å². The Balaban J connectivity index is 3.44. The lowest BCUT2D eigenvalue weighted by Gasteiger charge is -2.20. The molecule has 4 heteroatoms. The number of halogens is 2. The predicted molar refractivity (Wildman–Crippen MR) is 67.3 cm³/mol. The fourth-order valence-corrected chi connectivity index (χ4v) is 4.07. The average molecular weight is 292 g/mol. The van der Waals surface area contributed by atoms with Gasteiger partial charge in [0.25, 0.3) is 5.24 Å². The van der Waals surface area contributed by atoms with Gasteiger partial charge >= 0.3 is 0 Å². The maximum Gasteiger partial charge on any atom is 0.253 e. The van der Waals surface area contributed by atoms with Gasteiger partial charge in [0.05, 0.1) is 8.07 Å². The molecule has 0 aliphatic carbocycles. The molecule has 0 spiro atoms. The highest BCUT2D eigenvalue weighted by Gasteiger charge is 2.24. The summed E-state index contributed by atoms with van der Waals surface area (Å²) < 4.78 is 0.789. The molecule has 0 aromatic heterocycles. The lowest BCUT2D eigenvalue weighted by molar-refractivity contribution is 0.108. The van der Waals surface area contributed by atoms with Crippen LogP contribution >= 0.6 is 27.5 Å². The predicted octanol–water partition coefficient (Wildman–Crippen LogP) is 3.37. The van der Waals surface area contributed by atoms with Crippen LogP contribution in [0.2, 0.25) is 19.6 Å². The van der Waals surface area contributed by atoms with Crippen molar-refractivity contribution in [1.29, 1.82) is 0 Å². The van der Waals surface area contributed by atoms with Gasteiger partial charge in [0.1, 0.15) is 0 Å². The number of hydrogen-bond acceptors (Lipinski definition) is 1. The van der Waals surface area contributed by atoms with E-state index in [0.29, 0.717) is 5.56 Å². The molecule has 0 radical (unpaired) electrons. The SMILES string of the molecule is C[Si](C)(C)c1cccc(Br)c1C(=O)Cl. The van der Waals surface area contributed by atoms with Gasteiger partial charge in [-0.05, 0) is 22.9 Å². The third kappa shape index (κ3) is 2.46. The number of carbonyl (C=O) groups is 1. The normalized spacial score (nSPS) is 11.5. The second-order valence-corrected chi connectivity index (χ2v) is 10.4. The fourth-order valence-electron chi connectivity index (χ4n) is 1.35. The molecule has 0 bridgehead atoms. The molecule has 0 heterocycles. The van der Waals surface area contributed by atoms with E-state index in [-0.39, 0.29) is 5.24 Å². The molecule has 0 saturated heterocycles. The zero-order valence-electron chi connectivity index (χ0n) is 8.40. The quantitative estimate of drug-likeness (QED) is 0.603. The van der Waals surface area contributed by atoms with Gasteiger partial charge in [0, 0.05) is 10.0 Å². The molecule has 0 saturated carbocycles. The van der Waals surface area contributed by atoms with Crippen LogP contribution in [0.1, 0.15) is 10.4 Å². The van der Waals surface area contributed by atoms with Crippen molar-refractivity contribution >= 4 is 46.0 Å². The van der Waals surface area contributed by atoms with Crippen LogP contribution in [-0.2, 0) is 0 Å². The van der Waals surface area contributed by atoms with E-state index in [0.717, 1.165) is 9.66 Å². The van der Waals surface area contributed by atoms with Crippen LogP contribution in [0.25, 0.3) is 0 Å². The summed E-state index contributed by atoms with van der Waals surface area (Å²) in [6.45, 7) is 6.58. The molecule has 0 N–H and O–H groups in total. The van der Waals surface area contributed by atoms with E-state index in [1.807, 2.05) is 18.2 Å². The van der Waals surface area contributed by atoms with Gasteiger partial charge in [-0.3, -0.25) is 4.79 Å². The third-order valence-electron chi connectivity index (χ3n) is 2.02. The molecule has 1 rings (SSSR count). The summed E-state index contributed by atoms with van der Waals surface area (Å²) in [5.41, 5.74) is 0.633. The molecule has 1 nitrogen and oxygen atoms in total. The molecule has 14 heavy (non-hydrogen) atoms. The first-order valence-electron chi connectivity index (χ1n) is 4.33. The highest BCUT2D eigenvalue weighted by atomic mass is 79.9. The van der Waals surface area contributed by atoms with Crippen molar-refractivity contribution in [1.82, 2.24) is 0 Å². The summed E-state index contributed by atoms with van der Waals surface area (Å²) in [5, 5.41) is 0.724. The second-order valence-electron chi connectivity index (χ2n) is 4.19. The van der Waals surface area contributed by atoms with Crippen LogP contribution in [0.15, 0.2) is 22.7 Å². The number of rotatable bonds is 2. The minimum absolute atomic E-state index is 0.380. The summed E-state index contributed by atoms with van der Waals surface area (Å²) in [4.78, 5) is 11.3. The van der Waals surface area contributed by atoms with Crippen molar-refractivity contribution in [2.24, 2.45) is 0 Å². The summed E-state index contributed by atoms with van der Waals surface area (Å²) >= 11 is 8.93. The monoisotopic (exact) mass is 290 g/mol. The van der Waals surface area contributed by atoms with Crippen molar-refractivity contribution in [3.05, 3.63) is 28.2 Å². The Bertz CT molecular complexity index is 371. The Morgan fingerprint density at radius 1 is 1.36 bits per heavy atom. The molecule has 1 aromatic carbocycles. The van der Waals surface area contributed by atoms with E-state index in [2.05, 4.69) is 35.6 Å². The lowest BCUT2D eigenvalue weighted by Crippen LogP contribution is -2.41. The molecule has 0 amide bonds. The first-order chi connectivity index (χ1) is 6.34. The standard InChI is InChI=1S/C10H12BrClOSi/c1-14(2,3)8-6-4-5-7(11)9(8)10(12)13/h4-6H,1-3H3. The number of carbonyl (C=O) groups excluding carboxylic acids is 1. The van der Waals surface area contributed by atoms with Gasteiger partial charge in [-0.1, -0.05) is 47.7 Å². The molecular weight excluding hydrogens is 280 g/mol. The Labute approximate surface area is 98.6 Å². The fraction of sp³-hybridized carbons (Fsp3) is 0.300. The van der Waals surface area contributed by atoms with Crippen molar-refractivity contribution in [2.45, 2.75) is 19.6 Å². The molecule has 0 aliphatic heterocycles. The number of benzene rings is 1. The number of hydrogen-bond donors (Lipinski definition) is 0. The summed E-state index contributed by atoms with van der Waals surface area (Å²) in [6, 6.07) is 5.78. The highest BCUT2D eigenvalue weighted by molar-refractivity contribution is 9.10. The molecule has 0 fully saturated rings. The molecule has 0 aliphatic rings. The van der Waals surface area contributed by atoms with Crippen molar-refractivity contribution < 1.29 is 4.79 Å². The van der Waals surface area contributed by atoms with Gasteiger partial charge in [-0.25, -0.2) is 0 Å². The first-order valence-corrected chi connectivity index (χ1v) is 9.00. The zero-order chi connectivity index (χ0) is 10.9. The van der Waals surface area contributed by atoms with E-state index in [1.54, 1.807) is 0 Å². The Morgan fingerprint density at radius 3 is 2.29 bits per heavy atom. The molecule has 76 valence electrons. The highest BCUT2D eigenvalue weighted by Crippen LogP contribution is 2.19. The van der Waals surface area contributed by atoms with Crippen LogP contribution in [-0.4, -0.2) is 13.3 Å². The Morgan fingerprint density at radius 2 is 1.93 bits per heavy atom. The van der Waals surface area contributed by atoms with Gasteiger partial charge in [0.15, 0.2) is 0 Å². The van der Waals surface area contributed by atoms with Gasteiger partial charge in [0.2, 0.25) is 0 Å². The molecule has 0 atom stereocenters. The Hall–Kier alpha value is -0.123. The van der Waals surface area contributed by atoms with Crippen molar-refractivity contribution in [3.8, 4) is 0 Å².